The summed E-state index contributed by atoms with van der Waals surface area (Å²) in [6.45, 7) is 0. The highest BCUT2D eigenvalue weighted by molar-refractivity contribution is 5.80. The molecular weight excluding hydrogens is 116 g/mol. The van der Waals surface area contributed by atoms with E-state index in [1.165, 1.54) is 6.42 Å². The molecule has 0 radical (unpaired) electrons. The topological polar surface area (TPSA) is 55.1 Å². The van der Waals surface area contributed by atoms with E-state index in [9.17, 15) is 4.79 Å². The molecule has 1 heterocycles. The van der Waals surface area contributed by atoms with Gasteiger partial charge in [-0.25, -0.2) is 0 Å². The van der Waals surface area contributed by atoms with Gasteiger partial charge in [0.2, 0.25) is 5.91 Å². The number of primary amides is 1. The van der Waals surface area contributed by atoms with E-state index >= 15 is 0 Å². The smallest absolute Gasteiger partial charge is 0.234 e. The summed E-state index contributed by atoms with van der Waals surface area (Å²) in [6, 6.07) is 0.608. The van der Waals surface area contributed by atoms with Crippen molar-refractivity contribution in [2.75, 3.05) is 0 Å². The third-order valence-corrected chi connectivity index (χ3v) is 2.22. The molecule has 1 aliphatic heterocycles. The fourth-order valence-corrected chi connectivity index (χ4v) is 1.54. The van der Waals surface area contributed by atoms with E-state index in [1.54, 1.807) is 0 Å². The maximum atomic E-state index is 10.5. The molecule has 2 aliphatic rings. The van der Waals surface area contributed by atoms with Crippen LogP contribution in [0.3, 0.4) is 0 Å². The highest BCUT2D eigenvalue weighted by atomic mass is 16.1. The summed E-state index contributed by atoms with van der Waals surface area (Å²) in [7, 11) is 0. The van der Waals surface area contributed by atoms with Crippen molar-refractivity contribution in [3.8, 4) is 0 Å². The Kier molecular flexibility index (Phi) is 0.858. The summed E-state index contributed by atoms with van der Waals surface area (Å²) in [5, 5.41) is 3.15. The summed E-state index contributed by atoms with van der Waals surface area (Å²) < 4.78 is 0. The minimum atomic E-state index is -0.192. The fourth-order valence-electron chi connectivity index (χ4n) is 1.54. The van der Waals surface area contributed by atoms with Gasteiger partial charge in [0.25, 0.3) is 0 Å². The number of nitrogens with one attached hydrogen (secondary N) is 1. The van der Waals surface area contributed by atoms with Crippen LogP contribution >= 0.6 is 0 Å². The van der Waals surface area contributed by atoms with Crippen LogP contribution in [0.4, 0.5) is 0 Å². The SMILES string of the molecule is NC(=O)[C@@H]1CC2C[C@@H]2N1. The van der Waals surface area contributed by atoms with Crippen LogP contribution in [0.25, 0.3) is 0 Å². The lowest BCUT2D eigenvalue weighted by Crippen LogP contribution is -2.38. The molecule has 0 aromatic carbocycles. The summed E-state index contributed by atoms with van der Waals surface area (Å²) in [6.07, 6.45) is 2.23. The van der Waals surface area contributed by atoms with Gasteiger partial charge in [0, 0.05) is 6.04 Å². The molecule has 50 valence electrons. The highest BCUT2D eigenvalue weighted by Gasteiger charge is 2.47. The van der Waals surface area contributed by atoms with Crippen LogP contribution in [0, 0.1) is 5.92 Å². The predicted octanol–water partition coefficient (Wildman–Crippen LogP) is -0.778. The molecule has 1 amide bonds. The third-order valence-electron chi connectivity index (χ3n) is 2.22. The van der Waals surface area contributed by atoms with Crippen LogP contribution in [0.1, 0.15) is 12.8 Å². The van der Waals surface area contributed by atoms with Gasteiger partial charge in [-0.3, -0.25) is 4.79 Å². The Labute approximate surface area is 53.6 Å². The second-order valence-corrected chi connectivity index (χ2v) is 2.96. The molecule has 3 N–H and O–H groups in total. The number of carbonyl (C=O) groups is 1. The maximum Gasteiger partial charge on any atom is 0.234 e. The first kappa shape index (κ1) is 5.23. The monoisotopic (exact) mass is 126 g/mol. The van der Waals surface area contributed by atoms with Gasteiger partial charge in [0.15, 0.2) is 0 Å². The number of nitrogens with two attached hydrogens (primary N) is 1. The van der Waals surface area contributed by atoms with Crippen molar-refractivity contribution in [3.05, 3.63) is 0 Å². The molecular formula is C6H10N2O. The lowest BCUT2D eigenvalue weighted by atomic mass is 10.2. The van der Waals surface area contributed by atoms with Crippen molar-refractivity contribution in [1.82, 2.24) is 5.32 Å². The number of hydrogen-bond acceptors (Lipinski definition) is 2. The molecule has 0 aromatic heterocycles. The fraction of sp³-hybridized carbons (Fsp3) is 0.833. The van der Waals surface area contributed by atoms with Gasteiger partial charge < -0.3 is 11.1 Å². The van der Waals surface area contributed by atoms with E-state index in [1.807, 2.05) is 0 Å². The van der Waals surface area contributed by atoms with Crippen LogP contribution in [0.5, 0.6) is 0 Å². The highest BCUT2D eigenvalue weighted by Crippen LogP contribution is 2.40. The zero-order valence-corrected chi connectivity index (χ0v) is 5.13. The Morgan fingerprint density at radius 3 is 2.67 bits per heavy atom. The van der Waals surface area contributed by atoms with E-state index < -0.39 is 0 Å². The zero-order valence-electron chi connectivity index (χ0n) is 5.13. The van der Waals surface area contributed by atoms with Crippen LogP contribution in [0.2, 0.25) is 0 Å². The summed E-state index contributed by atoms with van der Waals surface area (Å²) >= 11 is 0. The Balaban J connectivity index is 1.97. The number of hydrogen-bond donors (Lipinski definition) is 2. The number of rotatable bonds is 1. The Morgan fingerprint density at radius 2 is 2.33 bits per heavy atom. The normalized spacial score (nSPS) is 46.4. The first-order chi connectivity index (χ1) is 4.27. The third kappa shape index (κ3) is 0.721. The molecule has 1 unspecified atom stereocenters. The number of carbonyl (C=O) groups excluding carboxylic acids is 1. The van der Waals surface area contributed by atoms with Crippen LogP contribution in [-0.4, -0.2) is 18.0 Å². The van der Waals surface area contributed by atoms with Gasteiger partial charge >= 0.3 is 0 Å². The lowest BCUT2D eigenvalue weighted by Gasteiger charge is -2.06. The summed E-state index contributed by atoms with van der Waals surface area (Å²) in [5.41, 5.74) is 5.08. The first-order valence-electron chi connectivity index (χ1n) is 3.33. The summed E-state index contributed by atoms with van der Waals surface area (Å²) in [4.78, 5) is 10.5. The van der Waals surface area contributed by atoms with Gasteiger partial charge in [-0.05, 0) is 18.8 Å². The molecule has 1 saturated heterocycles. The van der Waals surface area contributed by atoms with E-state index in [4.69, 9.17) is 5.73 Å². The molecule has 3 heteroatoms. The van der Waals surface area contributed by atoms with Gasteiger partial charge in [-0.2, -0.15) is 0 Å². The predicted molar refractivity (Wildman–Crippen MR) is 32.6 cm³/mol. The summed E-state index contributed by atoms with van der Waals surface area (Å²) in [5.74, 6) is 0.574. The molecule has 9 heavy (non-hydrogen) atoms. The first-order valence-corrected chi connectivity index (χ1v) is 3.33. The van der Waals surface area contributed by atoms with Gasteiger partial charge in [-0.15, -0.1) is 0 Å². The standard InChI is InChI=1S/C6H10N2O/c7-6(9)5-2-3-1-4(3)8-5/h3-5,8H,1-2H2,(H2,7,9)/t3?,4-,5-/m0/s1. The van der Waals surface area contributed by atoms with Gasteiger partial charge in [0.1, 0.15) is 0 Å². The lowest BCUT2D eigenvalue weighted by molar-refractivity contribution is -0.119. The van der Waals surface area contributed by atoms with Crippen molar-refractivity contribution in [2.45, 2.75) is 24.9 Å². The molecule has 1 aliphatic carbocycles. The molecule has 3 nitrogen and oxygen atoms in total. The molecule has 0 bridgehead atoms. The van der Waals surface area contributed by atoms with Crippen LogP contribution in [-0.2, 0) is 4.79 Å². The molecule has 0 spiro atoms. The average molecular weight is 126 g/mol. The zero-order chi connectivity index (χ0) is 6.43. The average Bonchev–Trinajstić information content (AvgIpc) is 2.40. The molecule has 2 fully saturated rings. The Hall–Kier alpha value is -0.570. The molecule has 1 saturated carbocycles. The minimum Gasteiger partial charge on any atom is -0.368 e. The quantitative estimate of drug-likeness (QED) is 0.484. The van der Waals surface area contributed by atoms with Crippen LogP contribution < -0.4 is 11.1 Å². The van der Waals surface area contributed by atoms with Crippen molar-refractivity contribution < 1.29 is 4.79 Å². The molecule has 2 rings (SSSR count). The Morgan fingerprint density at radius 1 is 1.56 bits per heavy atom. The second-order valence-electron chi connectivity index (χ2n) is 2.96. The molecule has 3 atom stereocenters. The largest absolute Gasteiger partial charge is 0.368 e. The van der Waals surface area contributed by atoms with E-state index in [2.05, 4.69) is 5.32 Å². The number of fused-ring (bicyclic) bond motifs is 1. The number of piperidine rings is 1. The second kappa shape index (κ2) is 1.48. The van der Waals surface area contributed by atoms with Crippen molar-refractivity contribution in [1.29, 1.82) is 0 Å². The van der Waals surface area contributed by atoms with E-state index in [-0.39, 0.29) is 11.9 Å². The van der Waals surface area contributed by atoms with Crippen molar-refractivity contribution >= 4 is 5.91 Å². The number of amides is 1. The van der Waals surface area contributed by atoms with Gasteiger partial charge in [-0.1, -0.05) is 0 Å². The Bertz CT molecular complexity index is 147. The van der Waals surface area contributed by atoms with Crippen molar-refractivity contribution in [2.24, 2.45) is 11.7 Å². The minimum absolute atomic E-state index is 0.0197. The van der Waals surface area contributed by atoms with Crippen LogP contribution in [0.15, 0.2) is 0 Å². The van der Waals surface area contributed by atoms with E-state index in [0.717, 1.165) is 12.3 Å². The maximum absolute atomic E-state index is 10.5. The van der Waals surface area contributed by atoms with Crippen molar-refractivity contribution in [3.63, 3.8) is 0 Å². The molecule has 0 aromatic rings. The van der Waals surface area contributed by atoms with Gasteiger partial charge in [0.05, 0.1) is 6.04 Å². The van der Waals surface area contributed by atoms with E-state index in [0.29, 0.717) is 6.04 Å².